The van der Waals surface area contributed by atoms with Crippen LogP contribution in [0.2, 0.25) is 0 Å². The molecule has 0 saturated carbocycles. The summed E-state index contributed by atoms with van der Waals surface area (Å²) in [7, 11) is 0. The highest BCUT2D eigenvalue weighted by molar-refractivity contribution is 5.37. The lowest BCUT2D eigenvalue weighted by Crippen LogP contribution is -2.54. The lowest BCUT2D eigenvalue weighted by molar-refractivity contribution is -0.224. The molecule has 1 aliphatic rings. The van der Waals surface area contributed by atoms with Gasteiger partial charge < -0.3 is 9.84 Å². The maximum absolute atomic E-state index is 10.4. The summed E-state index contributed by atoms with van der Waals surface area (Å²) in [5.74, 6) is 1.34. The van der Waals surface area contributed by atoms with E-state index in [1.54, 1.807) is 0 Å². The van der Waals surface area contributed by atoms with Gasteiger partial charge in [0.1, 0.15) is 5.60 Å². The number of aryl methyl sites for hydroxylation is 2. The third-order valence-electron chi connectivity index (χ3n) is 6.04. The molecule has 5 atom stereocenters. The Kier molecular flexibility index (Phi) is 5.34. The lowest BCUT2D eigenvalue weighted by Gasteiger charge is -2.52. The van der Waals surface area contributed by atoms with E-state index in [0.29, 0.717) is 17.8 Å². The van der Waals surface area contributed by atoms with Crippen molar-refractivity contribution in [3.05, 3.63) is 34.9 Å². The predicted octanol–water partition coefficient (Wildman–Crippen LogP) is 4.46. The molecular weight excluding hydrogens is 272 g/mol. The van der Waals surface area contributed by atoms with Crippen LogP contribution in [0.25, 0.3) is 0 Å². The monoisotopic (exact) mass is 304 g/mol. The van der Waals surface area contributed by atoms with E-state index in [2.05, 4.69) is 59.7 Å². The fourth-order valence-electron chi connectivity index (χ4n) is 4.13. The highest BCUT2D eigenvalue weighted by Crippen LogP contribution is 2.48. The van der Waals surface area contributed by atoms with Crippen LogP contribution in [0.15, 0.2) is 18.2 Å². The molecule has 0 spiro atoms. The van der Waals surface area contributed by atoms with Crippen molar-refractivity contribution < 1.29 is 9.84 Å². The van der Waals surface area contributed by atoms with Gasteiger partial charge in [-0.1, -0.05) is 58.4 Å². The molecule has 1 fully saturated rings. The molecular formula is C20H32O2. The standard InChI is InChI=1S/C20H32O2/c1-7-17-10-9-13(3)11-18(17)20(12-21)16(6)14(4)15(5)19(8-2)22-20/h9-11,14-16,19,21H,7-8,12H2,1-6H3. The lowest BCUT2D eigenvalue weighted by atomic mass is 9.66. The first-order valence-corrected chi connectivity index (χ1v) is 8.79. The topological polar surface area (TPSA) is 29.5 Å². The van der Waals surface area contributed by atoms with E-state index >= 15 is 0 Å². The second kappa shape index (κ2) is 6.72. The van der Waals surface area contributed by atoms with Gasteiger partial charge in [-0.05, 0) is 48.6 Å². The molecule has 1 aromatic rings. The van der Waals surface area contributed by atoms with E-state index in [1.165, 1.54) is 16.7 Å². The normalized spacial score (nSPS) is 35.6. The number of aliphatic hydroxyl groups excluding tert-OH is 1. The van der Waals surface area contributed by atoms with Gasteiger partial charge in [-0.25, -0.2) is 0 Å². The van der Waals surface area contributed by atoms with Crippen molar-refractivity contribution in [1.29, 1.82) is 0 Å². The molecule has 1 N–H and O–H groups in total. The highest BCUT2D eigenvalue weighted by atomic mass is 16.5. The maximum Gasteiger partial charge on any atom is 0.119 e. The zero-order valence-corrected chi connectivity index (χ0v) is 15.0. The number of hydrogen-bond acceptors (Lipinski definition) is 2. The van der Waals surface area contributed by atoms with E-state index in [1.807, 2.05) is 0 Å². The van der Waals surface area contributed by atoms with Gasteiger partial charge in [0.15, 0.2) is 0 Å². The van der Waals surface area contributed by atoms with Gasteiger partial charge in [-0.2, -0.15) is 0 Å². The van der Waals surface area contributed by atoms with E-state index in [4.69, 9.17) is 4.74 Å². The third-order valence-corrected chi connectivity index (χ3v) is 6.04. The zero-order valence-electron chi connectivity index (χ0n) is 15.0. The summed E-state index contributed by atoms with van der Waals surface area (Å²) in [6.07, 6.45) is 2.17. The van der Waals surface area contributed by atoms with Gasteiger partial charge in [0.2, 0.25) is 0 Å². The van der Waals surface area contributed by atoms with E-state index in [9.17, 15) is 5.11 Å². The molecule has 22 heavy (non-hydrogen) atoms. The Morgan fingerprint density at radius 3 is 2.36 bits per heavy atom. The summed E-state index contributed by atoms with van der Waals surface area (Å²) >= 11 is 0. The molecule has 0 radical (unpaired) electrons. The molecule has 0 amide bonds. The van der Waals surface area contributed by atoms with Crippen LogP contribution in [-0.4, -0.2) is 17.8 Å². The minimum Gasteiger partial charge on any atom is -0.393 e. The quantitative estimate of drug-likeness (QED) is 0.889. The second-order valence-electron chi connectivity index (χ2n) is 7.13. The van der Waals surface area contributed by atoms with Crippen LogP contribution in [0.1, 0.15) is 57.7 Å². The van der Waals surface area contributed by atoms with Crippen LogP contribution in [-0.2, 0) is 16.8 Å². The largest absolute Gasteiger partial charge is 0.393 e. The van der Waals surface area contributed by atoms with Gasteiger partial charge in [-0.15, -0.1) is 0 Å². The Morgan fingerprint density at radius 2 is 1.82 bits per heavy atom. The Bertz CT molecular complexity index is 508. The fourth-order valence-corrected chi connectivity index (χ4v) is 4.13. The van der Waals surface area contributed by atoms with E-state index in [-0.39, 0.29) is 12.7 Å². The van der Waals surface area contributed by atoms with Crippen molar-refractivity contribution in [1.82, 2.24) is 0 Å². The average molecular weight is 304 g/mol. The summed E-state index contributed by atoms with van der Waals surface area (Å²) in [5, 5.41) is 10.4. The number of ether oxygens (including phenoxy) is 1. The molecule has 1 aliphatic heterocycles. The van der Waals surface area contributed by atoms with Crippen LogP contribution < -0.4 is 0 Å². The predicted molar refractivity (Wildman–Crippen MR) is 92.0 cm³/mol. The van der Waals surface area contributed by atoms with Gasteiger partial charge in [0, 0.05) is 0 Å². The Balaban J connectivity index is 2.58. The average Bonchev–Trinajstić information content (AvgIpc) is 2.53. The fraction of sp³-hybridized carbons (Fsp3) is 0.700. The SMILES string of the molecule is CCc1ccc(C)cc1C1(CO)OC(CC)C(C)C(C)C1C. The molecule has 0 bridgehead atoms. The molecule has 2 nitrogen and oxygen atoms in total. The number of hydrogen-bond donors (Lipinski definition) is 1. The maximum atomic E-state index is 10.4. The van der Waals surface area contributed by atoms with Crippen molar-refractivity contribution in [3.63, 3.8) is 0 Å². The first-order chi connectivity index (χ1) is 10.4. The summed E-state index contributed by atoms with van der Waals surface area (Å²) in [6.45, 7) is 13.4. The van der Waals surface area contributed by atoms with Crippen LogP contribution in [0.4, 0.5) is 0 Å². The van der Waals surface area contributed by atoms with Crippen molar-refractivity contribution in [2.75, 3.05) is 6.61 Å². The minimum atomic E-state index is -0.566. The summed E-state index contributed by atoms with van der Waals surface area (Å²) < 4.78 is 6.60. The third kappa shape index (κ3) is 2.72. The van der Waals surface area contributed by atoms with Crippen molar-refractivity contribution in [2.45, 2.75) is 66.1 Å². The molecule has 0 aliphatic carbocycles. The van der Waals surface area contributed by atoms with Gasteiger partial charge in [0.25, 0.3) is 0 Å². The molecule has 1 heterocycles. The summed E-state index contributed by atoms with van der Waals surface area (Å²) in [6, 6.07) is 6.58. The first-order valence-electron chi connectivity index (χ1n) is 8.79. The molecule has 124 valence electrons. The van der Waals surface area contributed by atoms with Crippen LogP contribution in [0.5, 0.6) is 0 Å². The molecule has 0 aromatic heterocycles. The number of rotatable bonds is 4. The smallest absolute Gasteiger partial charge is 0.119 e. The molecule has 2 rings (SSSR count). The van der Waals surface area contributed by atoms with Gasteiger partial charge in [-0.3, -0.25) is 0 Å². The molecule has 5 unspecified atom stereocenters. The Hall–Kier alpha value is -0.860. The Morgan fingerprint density at radius 1 is 1.14 bits per heavy atom. The number of benzene rings is 1. The van der Waals surface area contributed by atoms with Gasteiger partial charge >= 0.3 is 0 Å². The first kappa shape index (κ1) is 17.5. The molecule has 2 heteroatoms. The van der Waals surface area contributed by atoms with E-state index < -0.39 is 5.60 Å². The summed E-state index contributed by atoms with van der Waals surface area (Å²) in [5.41, 5.74) is 3.16. The molecule has 1 saturated heterocycles. The molecule has 1 aromatic carbocycles. The van der Waals surface area contributed by atoms with Crippen molar-refractivity contribution >= 4 is 0 Å². The van der Waals surface area contributed by atoms with Crippen LogP contribution >= 0.6 is 0 Å². The van der Waals surface area contributed by atoms with Crippen LogP contribution in [0.3, 0.4) is 0 Å². The van der Waals surface area contributed by atoms with Gasteiger partial charge in [0.05, 0.1) is 12.7 Å². The van der Waals surface area contributed by atoms with Crippen molar-refractivity contribution in [2.24, 2.45) is 17.8 Å². The second-order valence-corrected chi connectivity index (χ2v) is 7.13. The Labute approximate surface area is 135 Å². The zero-order chi connectivity index (χ0) is 16.5. The number of aliphatic hydroxyl groups is 1. The summed E-state index contributed by atoms with van der Waals surface area (Å²) in [4.78, 5) is 0. The van der Waals surface area contributed by atoms with Crippen molar-refractivity contribution in [3.8, 4) is 0 Å². The van der Waals surface area contributed by atoms with Crippen LogP contribution in [0, 0.1) is 24.7 Å². The minimum absolute atomic E-state index is 0.0538. The van der Waals surface area contributed by atoms with E-state index in [0.717, 1.165) is 12.8 Å². The highest BCUT2D eigenvalue weighted by Gasteiger charge is 2.50.